The SMILES string of the molecule is Cc1c(Oc2ccc3c(c2)ncn3C)ccc(Nc2ncnc3cnc(OC4CC5CCC(C4)N5)cc23)c1F. The molecule has 2 aliphatic heterocycles. The standard InChI is InChI=1S/C29H28FN7O2/c1-16-26(38-19-5-7-25-23(11-19)34-15-37(25)2)8-6-22(28(16)30)36-29-21-12-27(31-13-24(21)32-14-33-29)39-20-9-17-3-4-18(10-20)35-17/h5-8,11-15,17-18,20,35H,3-4,9-10H2,1-2H3,(H,32,33,36). The second kappa shape index (κ2) is 9.46. The molecule has 0 radical (unpaired) electrons. The molecule has 0 spiro atoms. The smallest absolute Gasteiger partial charge is 0.214 e. The molecule has 2 aliphatic rings. The minimum atomic E-state index is -0.422. The lowest BCUT2D eigenvalue weighted by atomic mass is 10.0. The number of nitrogens with one attached hydrogen (secondary N) is 2. The normalized spacial score (nSPS) is 20.4. The molecule has 39 heavy (non-hydrogen) atoms. The highest BCUT2D eigenvalue weighted by atomic mass is 19.1. The number of piperidine rings is 1. The molecule has 2 unspecified atom stereocenters. The van der Waals surface area contributed by atoms with Gasteiger partial charge in [0, 0.05) is 42.2 Å². The van der Waals surface area contributed by atoms with Crippen LogP contribution in [0, 0.1) is 12.7 Å². The summed E-state index contributed by atoms with van der Waals surface area (Å²) in [5.41, 5.74) is 3.12. The Morgan fingerprint density at radius 3 is 2.69 bits per heavy atom. The summed E-state index contributed by atoms with van der Waals surface area (Å²) in [5.74, 6) is 1.60. The van der Waals surface area contributed by atoms with Crippen molar-refractivity contribution in [2.45, 2.75) is 50.8 Å². The van der Waals surface area contributed by atoms with E-state index in [0.717, 1.165) is 23.9 Å². The fourth-order valence-electron chi connectivity index (χ4n) is 5.68. The van der Waals surface area contributed by atoms with E-state index in [1.165, 1.54) is 19.2 Å². The Balaban J connectivity index is 1.13. The monoisotopic (exact) mass is 525 g/mol. The molecule has 0 amide bonds. The van der Waals surface area contributed by atoms with Crippen molar-refractivity contribution in [3.8, 4) is 17.4 Å². The van der Waals surface area contributed by atoms with E-state index in [0.29, 0.717) is 51.7 Å². The lowest BCUT2D eigenvalue weighted by Gasteiger charge is -2.29. The van der Waals surface area contributed by atoms with Crippen LogP contribution in [0.3, 0.4) is 0 Å². The predicted molar refractivity (Wildman–Crippen MR) is 146 cm³/mol. The zero-order valence-electron chi connectivity index (χ0n) is 21.7. The Hall–Kier alpha value is -4.31. The van der Waals surface area contributed by atoms with Crippen LogP contribution in [0.1, 0.15) is 31.2 Å². The third-order valence-electron chi connectivity index (χ3n) is 7.73. The number of benzene rings is 2. The van der Waals surface area contributed by atoms with Crippen LogP contribution in [0.4, 0.5) is 15.9 Å². The quantitative estimate of drug-likeness (QED) is 0.297. The van der Waals surface area contributed by atoms with Gasteiger partial charge in [-0.25, -0.2) is 24.3 Å². The molecule has 10 heteroatoms. The average molecular weight is 526 g/mol. The maximum absolute atomic E-state index is 15.5. The maximum Gasteiger partial charge on any atom is 0.214 e. The number of imidazole rings is 1. The van der Waals surface area contributed by atoms with Crippen LogP contribution in [-0.4, -0.2) is 42.7 Å². The molecule has 0 saturated carbocycles. The first-order chi connectivity index (χ1) is 19.0. The van der Waals surface area contributed by atoms with Crippen LogP contribution in [0.5, 0.6) is 17.4 Å². The molecular weight excluding hydrogens is 497 g/mol. The molecule has 2 N–H and O–H groups in total. The number of aryl methyl sites for hydroxylation is 1. The van der Waals surface area contributed by atoms with Crippen molar-refractivity contribution in [2.24, 2.45) is 7.05 Å². The Kier molecular flexibility index (Phi) is 5.77. The molecule has 0 aliphatic carbocycles. The van der Waals surface area contributed by atoms with Crippen LogP contribution in [0.25, 0.3) is 21.9 Å². The van der Waals surface area contributed by atoms with Crippen molar-refractivity contribution in [1.29, 1.82) is 0 Å². The molecule has 2 atom stereocenters. The van der Waals surface area contributed by atoms with Crippen LogP contribution >= 0.6 is 0 Å². The van der Waals surface area contributed by atoms with Gasteiger partial charge in [-0.2, -0.15) is 0 Å². The number of pyridine rings is 1. The van der Waals surface area contributed by atoms with E-state index in [4.69, 9.17) is 9.47 Å². The van der Waals surface area contributed by atoms with Crippen molar-refractivity contribution in [3.63, 3.8) is 0 Å². The molecular formula is C29H28FN7O2. The maximum atomic E-state index is 15.5. The summed E-state index contributed by atoms with van der Waals surface area (Å²) in [6.07, 6.45) is 9.33. The number of hydrogen-bond donors (Lipinski definition) is 2. The topological polar surface area (TPSA) is 99.0 Å². The third kappa shape index (κ3) is 4.50. The Bertz CT molecular complexity index is 1690. The highest BCUT2D eigenvalue weighted by molar-refractivity contribution is 5.90. The van der Waals surface area contributed by atoms with E-state index in [9.17, 15) is 0 Å². The average Bonchev–Trinajstić information content (AvgIpc) is 3.48. The first-order valence-corrected chi connectivity index (χ1v) is 13.2. The predicted octanol–water partition coefficient (Wildman–Crippen LogP) is 5.56. The van der Waals surface area contributed by atoms with Gasteiger partial charge in [0.1, 0.15) is 29.7 Å². The second-order valence-electron chi connectivity index (χ2n) is 10.4. The van der Waals surface area contributed by atoms with Crippen molar-refractivity contribution in [2.75, 3.05) is 5.32 Å². The lowest BCUT2D eigenvalue weighted by Crippen LogP contribution is -2.42. The summed E-state index contributed by atoms with van der Waals surface area (Å²) in [7, 11) is 1.93. The van der Waals surface area contributed by atoms with E-state index >= 15 is 4.39 Å². The molecule has 198 valence electrons. The summed E-state index contributed by atoms with van der Waals surface area (Å²) in [5, 5.41) is 7.48. The number of ether oxygens (including phenoxy) is 2. The van der Waals surface area contributed by atoms with Crippen LogP contribution in [-0.2, 0) is 7.05 Å². The molecule has 2 bridgehead atoms. The number of anilines is 2. The van der Waals surface area contributed by atoms with Gasteiger partial charge in [-0.3, -0.25) is 0 Å². The van der Waals surface area contributed by atoms with Gasteiger partial charge in [0.05, 0.1) is 34.8 Å². The van der Waals surface area contributed by atoms with E-state index in [1.807, 2.05) is 35.9 Å². The van der Waals surface area contributed by atoms with Crippen molar-refractivity contribution in [1.82, 2.24) is 29.8 Å². The Morgan fingerprint density at radius 2 is 1.85 bits per heavy atom. The zero-order valence-corrected chi connectivity index (χ0v) is 21.7. The summed E-state index contributed by atoms with van der Waals surface area (Å²) in [6.45, 7) is 1.69. The molecule has 2 saturated heterocycles. The van der Waals surface area contributed by atoms with E-state index < -0.39 is 5.82 Å². The molecule has 5 aromatic rings. The van der Waals surface area contributed by atoms with Crippen LogP contribution in [0.2, 0.25) is 0 Å². The van der Waals surface area contributed by atoms with Gasteiger partial charge in [0.15, 0.2) is 5.82 Å². The highest BCUT2D eigenvalue weighted by Crippen LogP contribution is 2.35. The zero-order chi connectivity index (χ0) is 26.5. The summed E-state index contributed by atoms with van der Waals surface area (Å²) in [4.78, 5) is 17.6. The largest absolute Gasteiger partial charge is 0.474 e. The van der Waals surface area contributed by atoms with E-state index in [2.05, 4.69) is 30.6 Å². The minimum absolute atomic E-state index is 0.126. The number of fused-ring (bicyclic) bond motifs is 4. The fraction of sp³-hybridized carbons (Fsp3) is 0.310. The van der Waals surface area contributed by atoms with Gasteiger partial charge in [-0.05, 0) is 56.9 Å². The van der Waals surface area contributed by atoms with Gasteiger partial charge < -0.3 is 24.7 Å². The molecule has 9 nitrogen and oxygen atoms in total. The Labute approximate surface area is 224 Å². The molecule has 2 fully saturated rings. The van der Waals surface area contributed by atoms with Gasteiger partial charge in [0.25, 0.3) is 0 Å². The first kappa shape index (κ1) is 23.8. The molecule has 3 aromatic heterocycles. The molecule has 5 heterocycles. The first-order valence-electron chi connectivity index (χ1n) is 13.2. The molecule has 2 aromatic carbocycles. The number of aromatic nitrogens is 5. The van der Waals surface area contributed by atoms with Crippen molar-refractivity contribution < 1.29 is 13.9 Å². The number of nitrogens with zero attached hydrogens (tertiary/aromatic N) is 5. The van der Waals surface area contributed by atoms with Crippen LogP contribution < -0.4 is 20.1 Å². The number of rotatable bonds is 6. The van der Waals surface area contributed by atoms with Gasteiger partial charge in [-0.1, -0.05) is 0 Å². The van der Waals surface area contributed by atoms with Gasteiger partial charge >= 0.3 is 0 Å². The minimum Gasteiger partial charge on any atom is -0.474 e. The number of halogens is 1. The fourth-order valence-corrected chi connectivity index (χ4v) is 5.68. The van der Waals surface area contributed by atoms with Crippen molar-refractivity contribution in [3.05, 3.63) is 66.6 Å². The Morgan fingerprint density at radius 1 is 1.00 bits per heavy atom. The lowest BCUT2D eigenvalue weighted by molar-refractivity contribution is 0.132. The summed E-state index contributed by atoms with van der Waals surface area (Å²) < 4.78 is 29.7. The van der Waals surface area contributed by atoms with Gasteiger partial charge in [0.2, 0.25) is 5.88 Å². The van der Waals surface area contributed by atoms with E-state index in [-0.39, 0.29) is 11.8 Å². The highest BCUT2D eigenvalue weighted by Gasteiger charge is 2.34. The number of hydrogen-bond acceptors (Lipinski definition) is 8. The molecule has 7 rings (SSSR count). The second-order valence-corrected chi connectivity index (χ2v) is 10.4. The third-order valence-corrected chi connectivity index (χ3v) is 7.73. The summed E-state index contributed by atoms with van der Waals surface area (Å²) in [6, 6.07) is 11.9. The summed E-state index contributed by atoms with van der Waals surface area (Å²) >= 11 is 0. The van der Waals surface area contributed by atoms with Crippen LogP contribution in [0.15, 0.2) is 55.2 Å². The van der Waals surface area contributed by atoms with E-state index in [1.54, 1.807) is 31.6 Å². The van der Waals surface area contributed by atoms with Crippen molar-refractivity contribution >= 4 is 33.4 Å². The van der Waals surface area contributed by atoms with Gasteiger partial charge in [-0.15, -0.1) is 0 Å².